The second-order valence-corrected chi connectivity index (χ2v) is 6.83. The molecule has 1 aromatic carbocycles. The Morgan fingerprint density at radius 3 is 2.47 bits per heavy atom. The molecule has 1 unspecified atom stereocenters. The molecule has 1 heterocycles. The molecule has 0 radical (unpaired) electrons. The van der Waals surface area contributed by atoms with Crippen LogP contribution in [0.3, 0.4) is 0 Å². The van der Waals surface area contributed by atoms with E-state index < -0.39 is 0 Å². The summed E-state index contributed by atoms with van der Waals surface area (Å²) >= 11 is 0. The summed E-state index contributed by atoms with van der Waals surface area (Å²) in [7, 11) is 0. The highest BCUT2D eigenvalue weighted by molar-refractivity contribution is 5.49. The zero-order valence-electron chi connectivity index (χ0n) is 12.7. The van der Waals surface area contributed by atoms with E-state index in [2.05, 4.69) is 49.9 Å². The molecule has 0 spiro atoms. The number of nitrogens with zero attached hydrogens (tertiary/aromatic N) is 1. The molecule has 1 saturated heterocycles. The van der Waals surface area contributed by atoms with Gasteiger partial charge in [0, 0.05) is 18.8 Å². The predicted molar refractivity (Wildman–Crippen MR) is 83.8 cm³/mol. The van der Waals surface area contributed by atoms with Crippen LogP contribution in [0.25, 0.3) is 0 Å². The summed E-state index contributed by atoms with van der Waals surface area (Å²) in [5.41, 5.74) is 8.71. The van der Waals surface area contributed by atoms with Gasteiger partial charge in [0.15, 0.2) is 0 Å². The van der Waals surface area contributed by atoms with Gasteiger partial charge in [-0.3, -0.25) is 0 Å². The molecule has 2 heteroatoms. The van der Waals surface area contributed by atoms with E-state index in [-0.39, 0.29) is 5.41 Å². The van der Waals surface area contributed by atoms with E-state index in [1.807, 2.05) is 0 Å². The molecule has 2 N–H and O–H groups in total. The number of hydrogen-bond donors (Lipinski definition) is 1. The second-order valence-electron chi connectivity index (χ2n) is 6.83. The van der Waals surface area contributed by atoms with E-state index in [4.69, 9.17) is 5.73 Å². The highest BCUT2D eigenvalue weighted by Gasteiger charge is 2.20. The number of benzene rings is 1. The van der Waals surface area contributed by atoms with Gasteiger partial charge in [0.25, 0.3) is 0 Å². The molecule has 0 bridgehead atoms. The minimum Gasteiger partial charge on any atom is -0.371 e. The van der Waals surface area contributed by atoms with Crippen molar-refractivity contribution >= 4 is 5.69 Å². The zero-order valence-corrected chi connectivity index (χ0v) is 12.7. The summed E-state index contributed by atoms with van der Waals surface area (Å²) in [6.45, 7) is 9.98. The smallest absolute Gasteiger partial charge is 0.0366 e. The highest BCUT2D eigenvalue weighted by atomic mass is 15.1. The third kappa shape index (κ3) is 3.73. The molecule has 2 nitrogen and oxygen atoms in total. The molecular weight excluding hydrogens is 232 g/mol. The van der Waals surface area contributed by atoms with Crippen LogP contribution in [0.1, 0.15) is 45.6 Å². The van der Waals surface area contributed by atoms with Crippen molar-refractivity contribution in [3.05, 3.63) is 29.8 Å². The van der Waals surface area contributed by atoms with Crippen LogP contribution in [0, 0.1) is 5.92 Å². The number of anilines is 1. The van der Waals surface area contributed by atoms with Crippen LogP contribution in [0.2, 0.25) is 0 Å². The average molecular weight is 260 g/mol. The van der Waals surface area contributed by atoms with Crippen molar-refractivity contribution in [1.82, 2.24) is 0 Å². The van der Waals surface area contributed by atoms with Gasteiger partial charge >= 0.3 is 0 Å². The van der Waals surface area contributed by atoms with Crippen molar-refractivity contribution in [2.45, 2.75) is 45.4 Å². The predicted octanol–water partition coefficient (Wildman–Crippen LogP) is 3.55. The largest absolute Gasteiger partial charge is 0.371 e. The van der Waals surface area contributed by atoms with Crippen molar-refractivity contribution in [2.24, 2.45) is 11.7 Å². The van der Waals surface area contributed by atoms with Crippen molar-refractivity contribution in [2.75, 3.05) is 24.5 Å². The first-order valence-corrected chi connectivity index (χ1v) is 7.56. The van der Waals surface area contributed by atoms with E-state index >= 15 is 0 Å². The molecule has 106 valence electrons. The Kier molecular flexibility index (Phi) is 4.51. The van der Waals surface area contributed by atoms with Crippen molar-refractivity contribution < 1.29 is 0 Å². The molecule has 1 aromatic rings. The van der Waals surface area contributed by atoms with Crippen LogP contribution >= 0.6 is 0 Å². The Morgan fingerprint density at radius 2 is 1.89 bits per heavy atom. The molecule has 1 aliphatic heterocycles. The number of hydrogen-bond acceptors (Lipinski definition) is 2. The summed E-state index contributed by atoms with van der Waals surface area (Å²) in [5.74, 6) is 0.779. The lowest BCUT2D eigenvalue weighted by Crippen LogP contribution is -2.36. The summed E-state index contributed by atoms with van der Waals surface area (Å²) in [6, 6.07) is 9.13. The lowest BCUT2D eigenvalue weighted by atomic mass is 9.87. The Hall–Kier alpha value is -1.02. The Balaban J connectivity index is 2.05. The van der Waals surface area contributed by atoms with Crippen molar-refractivity contribution in [3.63, 3.8) is 0 Å². The first-order chi connectivity index (χ1) is 9.00. The topological polar surface area (TPSA) is 29.3 Å². The van der Waals surface area contributed by atoms with Crippen LogP contribution in [0.5, 0.6) is 0 Å². The number of rotatable bonds is 3. The van der Waals surface area contributed by atoms with Gasteiger partial charge in [-0.15, -0.1) is 0 Å². The van der Waals surface area contributed by atoms with Crippen LogP contribution in [-0.4, -0.2) is 19.6 Å². The Labute approximate surface area is 118 Å². The minimum absolute atomic E-state index is 0.239. The highest BCUT2D eigenvalue weighted by Crippen LogP contribution is 2.28. The van der Waals surface area contributed by atoms with E-state index in [1.165, 1.54) is 37.2 Å². The molecular formula is C17H28N2. The van der Waals surface area contributed by atoms with Crippen LogP contribution in [0.4, 0.5) is 5.69 Å². The molecule has 1 atom stereocenters. The third-order valence-electron chi connectivity index (χ3n) is 4.19. The standard InChI is InChI=1S/C17H28N2/c1-17(2,3)15-6-8-16(9-7-15)19-12-4-5-14(13-19)10-11-18/h6-9,14H,4-5,10-13,18H2,1-3H3. The molecule has 19 heavy (non-hydrogen) atoms. The molecule has 1 aliphatic rings. The third-order valence-corrected chi connectivity index (χ3v) is 4.19. The zero-order chi connectivity index (χ0) is 13.9. The first kappa shape index (κ1) is 14.4. The minimum atomic E-state index is 0.239. The molecule has 0 aliphatic carbocycles. The van der Waals surface area contributed by atoms with Crippen molar-refractivity contribution in [3.8, 4) is 0 Å². The van der Waals surface area contributed by atoms with E-state index in [1.54, 1.807) is 0 Å². The number of piperidine rings is 1. The van der Waals surface area contributed by atoms with Gasteiger partial charge in [-0.05, 0) is 54.8 Å². The SMILES string of the molecule is CC(C)(C)c1ccc(N2CCCC(CCN)C2)cc1. The Morgan fingerprint density at radius 1 is 1.21 bits per heavy atom. The monoisotopic (exact) mass is 260 g/mol. The lowest BCUT2D eigenvalue weighted by Gasteiger charge is -2.34. The quantitative estimate of drug-likeness (QED) is 0.900. The van der Waals surface area contributed by atoms with E-state index in [9.17, 15) is 0 Å². The maximum atomic E-state index is 5.69. The van der Waals surface area contributed by atoms with Crippen LogP contribution in [-0.2, 0) is 5.41 Å². The lowest BCUT2D eigenvalue weighted by molar-refractivity contribution is 0.396. The Bertz CT molecular complexity index is 387. The van der Waals surface area contributed by atoms with Gasteiger partial charge in [-0.25, -0.2) is 0 Å². The number of nitrogens with two attached hydrogens (primary N) is 1. The van der Waals surface area contributed by atoms with E-state index in [0.29, 0.717) is 0 Å². The molecule has 0 amide bonds. The normalized spacial score (nSPS) is 20.6. The van der Waals surface area contributed by atoms with Gasteiger partial charge in [0.2, 0.25) is 0 Å². The van der Waals surface area contributed by atoms with Gasteiger partial charge in [-0.2, -0.15) is 0 Å². The first-order valence-electron chi connectivity index (χ1n) is 7.56. The van der Waals surface area contributed by atoms with Gasteiger partial charge in [0.1, 0.15) is 0 Å². The fourth-order valence-corrected chi connectivity index (χ4v) is 2.94. The average Bonchev–Trinajstić information content (AvgIpc) is 2.39. The second kappa shape index (κ2) is 5.96. The van der Waals surface area contributed by atoms with Crippen LogP contribution in [0.15, 0.2) is 24.3 Å². The summed E-state index contributed by atoms with van der Waals surface area (Å²) in [4.78, 5) is 2.52. The molecule has 0 aromatic heterocycles. The van der Waals surface area contributed by atoms with Gasteiger partial charge < -0.3 is 10.6 Å². The van der Waals surface area contributed by atoms with Crippen LogP contribution < -0.4 is 10.6 Å². The fraction of sp³-hybridized carbons (Fsp3) is 0.647. The summed E-state index contributed by atoms with van der Waals surface area (Å²) in [6.07, 6.45) is 3.80. The van der Waals surface area contributed by atoms with Gasteiger partial charge in [0.05, 0.1) is 0 Å². The molecule has 2 rings (SSSR count). The van der Waals surface area contributed by atoms with Crippen molar-refractivity contribution in [1.29, 1.82) is 0 Å². The maximum absolute atomic E-state index is 5.69. The summed E-state index contributed by atoms with van der Waals surface area (Å²) in [5, 5.41) is 0. The van der Waals surface area contributed by atoms with Gasteiger partial charge in [-0.1, -0.05) is 32.9 Å². The maximum Gasteiger partial charge on any atom is 0.0366 e. The fourth-order valence-electron chi connectivity index (χ4n) is 2.94. The van der Waals surface area contributed by atoms with E-state index in [0.717, 1.165) is 18.9 Å². The summed E-state index contributed by atoms with van der Waals surface area (Å²) < 4.78 is 0. The molecule has 0 saturated carbocycles. The molecule has 1 fully saturated rings.